The van der Waals surface area contributed by atoms with Crippen LogP contribution in [0, 0.1) is 12.7 Å². The first-order valence-electron chi connectivity index (χ1n) is 25.3. The number of fused-ring (bicyclic) bond motifs is 4. The van der Waals surface area contributed by atoms with Gasteiger partial charge in [0, 0.05) is 80.1 Å². The van der Waals surface area contributed by atoms with Crippen LogP contribution in [-0.4, -0.2) is 129 Å². The van der Waals surface area contributed by atoms with Crippen molar-refractivity contribution in [2.75, 3.05) is 64.0 Å². The predicted molar refractivity (Wildman–Crippen MR) is 259 cm³/mol. The van der Waals surface area contributed by atoms with Crippen molar-refractivity contribution in [1.82, 2.24) is 34.4 Å². The van der Waals surface area contributed by atoms with Crippen molar-refractivity contribution in [3.05, 3.63) is 70.7 Å². The van der Waals surface area contributed by atoms with Crippen molar-refractivity contribution in [3.63, 3.8) is 0 Å². The maximum atomic E-state index is 16.7. The van der Waals surface area contributed by atoms with Crippen LogP contribution in [0.1, 0.15) is 113 Å². The molecule has 3 aromatic carbocycles. The monoisotopic (exact) mass is 944 g/mol. The Morgan fingerprint density at radius 2 is 1.71 bits per heavy atom. The lowest BCUT2D eigenvalue weighted by molar-refractivity contribution is -0.136. The number of hydrogen-bond acceptors (Lipinski definition) is 12. The van der Waals surface area contributed by atoms with Gasteiger partial charge in [-0.25, -0.2) is 13.9 Å². The molecule has 69 heavy (non-hydrogen) atoms. The second-order valence-corrected chi connectivity index (χ2v) is 20.9. The Labute approximate surface area is 403 Å². The molecular weight excluding hydrogens is 880 g/mol. The Bertz CT molecular complexity index is 2740. The SMILES string of the molecule is CCN1CCN(Cc2ccc(COc3c(-c4c(C)c(F)cc5c4cnn5C4CCCCO4)c(C4CC4)cc4c(N5C[C@@H]6C[C@H]5CN6C(=O)OC(C)(C)C)nc(OC5CCOCC5)nc34)cc2)C(=O)C1. The van der Waals surface area contributed by atoms with Gasteiger partial charge in [0.25, 0.3) is 0 Å². The van der Waals surface area contributed by atoms with Crippen molar-refractivity contribution >= 4 is 39.6 Å². The van der Waals surface area contributed by atoms with Crippen molar-refractivity contribution in [1.29, 1.82) is 0 Å². The van der Waals surface area contributed by atoms with Gasteiger partial charge in [0.2, 0.25) is 5.91 Å². The molecule has 6 fully saturated rings. The summed E-state index contributed by atoms with van der Waals surface area (Å²) >= 11 is 0. The van der Waals surface area contributed by atoms with Gasteiger partial charge in [-0.3, -0.25) is 9.69 Å². The highest BCUT2D eigenvalue weighted by Crippen LogP contribution is 2.54. The van der Waals surface area contributed by atoms with Gasteiger partial charge in [0.05, 0.1) is 43.6 Å². The van der Waals surface area contributed by atoms with Crippen LogP contribution in [0.5, 0.6) is 11.8 Å². The standard InChI is InChI=1S/C53H65FN8O7/c1-6-58-18-19-59(44(63)30-58)27-33-10-12-34(13-11-33)31-67-49-47(46-32(2)42(54)25-43-41(46)26-55-62(43)45-9-7-8-20-66-45)39(35-14-15-35)24-40-48(49)56-51(68-38-16-21-65-22-17-38)57-50(40)60-28-37-23-36(60)29-61(37)52(64)69-53(3,4)5/h10-13,24-26,35-38,45H,6-9,14-23,27-31H2,1-5H3/t36-,37-,45?/m0/s1. The first kappa shape index (κ1) is 45.8. The van der Waals surface area contributed by atoms with Crippen LogP contribution < -0.4 is 14.4 Å². The van der Waals surface area contributed by atoms with Crippen molar-refractivity contribution in [2.45, 2.75) is 135 Å². The summed E-state index contributed by atoms with van der Waals surface area (Å²) in [7, 11) is 0. The van der Waals surface area contributed by atoms with E-state index < -0.39 is 5.60 Å². The van der Waals surface area contributed by atoms with Crippen molar-refractivity contribution < 1.29 is 37.7 Å². The minimum absolute atomic E-state index is 0.00720. The normalized spacial score (nSPS) is 22.6. The number of halogens is 1. The number of aromatic nitrogens is 4. The zero-order chi connectivity index (χ0) is 47.6. The second kappa shape index (κ2) is 18.6. The topological polar surface area (TPSA) is 137 Å². The molecule has 1 saturated carbocycles. The van der Waals surface area contributed by atoms with E-state index in [2.05, 4.69) is 47.1 Å². The zero-order valence-electron chi connectivity index (χ0n) is 40.7. The van der Waals surface area contributed by atoms with Gasteiger partial charge in [0.15, 0.2) is 12.0 Å². The number of carbonyl (C=O) groups excluding carboxylic acids is 2. The molecule has 11 rings (SSSR count). The summed E-state index contributed by atoms with van der Waals surface area (Å²) in [6.07, 6.45) is 8.07. The number of rotatable bonds is 12. The number of likely N-dealkylation sites (tertiary alicyclic amines) is 1. The maximum absolute atomic E-state index is 16.7. The smallest absolute Gasteiger partial charge is 0.410 e. The molecule has 3 atom stereocenters. The number of benzene rings is 3. The number of nitrogens with zero attached hydrogens (tertiary/aromatic N) is 8. The molecule has 5 saturated heterocycles. The van der Waals surface area contributed by atoms with Crippen molar-refractivity contribution in [3.8, 4) is 22.9 Å². The highest BCUT2D eigenvalue weighted by atomic mass is 19.1. The molecule has 7 heterocycles. The summed E-state index contributed by atoms with van der Waals surface area (Å²) in [5.74, 6) is 1.29. The average molecular weight is 945 g/mol. The lowest BCUT2D eigenvalue weighted by atomic mass is 9.88. The number of ether oxygens (including phenoxy) is 5. The molecule has 366 valence electrons. The molecule has 1 aliphatic carbocycles. The molecule has 16 heteroatoms. The minimum atomic E-state index is -0.605. The van der Waals surface area contributed by atoms with Crippen LogP contribution in [0.3, 0.4) is 0 Å². The third-order valence-corrected chi connectivity index (χ3v) is 14.9. The van der Waals surface area contributed by atoms with E-state index in [9.17, 15) is 9.59 Å². The lowest BCUT2D eigenvalue weighted by Gasteiger charge is -2.36. The first-order chi connectivity index (χ1) is 33.4. The highest BCUT2D eigenvalue weighted by Gasteiger charge is 2.48. The number of amides is 2. The zero-order valence-corrected chi connectivity index (χ0v) is 40.7. The van der Waals surface area contributed by atoms with E-state index in [0.717, 1.165) is 96.0 Å². The van der Waals surface area contributed by atoms with Crippen molar-refractivity contribution in [2.24, 2.45) is 0 Å². The summed E-state index contributed by atoms with van der Waals surface area (Å²) in [5.41, 5.74) is 5.73. The van der Waals surface area contributed by atoms with Gasteiger partial charge in [-0.1, -0.05) is 31.2 Å². The fraction of sp³-hybridized carbons (Fsp3) is 0.566. The lowest BCUT2D eigenvalue weighted by Crippen LogP contribution is -2.50. The molecule has 6 aliphatic rings. The fourth-order valence-corrected chi connectivity index (χ4v) is 11.1. The summed E-state index contributed by atoms with van der Waals surface area (Å²) < 4.78 is 50.3. The van der Waals surface area contributed by atoms with Gasteiger partial charge in [-0.05, 0) is 107 Å². The number of anilines is 1. The number of hydrogen-bond donors (Lipinski definition) is 0. The third-order valence-electron chi connectivity index (χ3n) is 14.9. The van der Waals surface area contributed by atoms with Crippen LogP contribution in [0.25, 0.3) is 32.9 Å². The Hall–Kier alpha value is -5.58. The van der Waals surface area contributed by atoms with E-state index >= 15 is 4.39 Å². The molecule has 1 unspecified atom stereocenters. The number of piperazine rings is 2. The summed E-state index contributed by atoms with van der Waals surface area (Å²) in [6, 6.07) is 12.3. The average Bonchev–Trinajstić information content (AvgIpc) is 3.78. The first-order valence-corrected chi connectivity index (χ1v) is 25.3. The molecule has 2 aromatic heterocycles. The van der Waals surface area contributed by atoms with Gasteiger partial charge in [-0.2, -0.15) is 15.1 Å². The summed E-state index contributed by atoms with van der Waals surface area (Å²) in [4.78, 5) is 45.3. The predicted octanol–water partition coefficient (Wildman–Crippen LogP) is 8.67. The van der Waals surface area contributed by atoms with Crippen LogP contribution >= 0.6 is 0 Å². The molecule has 2 bridgehead atoms. The van der Waals surface area contributed by atoms with Gasteiger partial charge in [0.1, 0.15) is 35.5 Å². The van der Waals surface area contributed by atoms with Gasteiger partial charge in [-0.15, -0.1) is 0 Å². The van der Waals surface area contributed by atoms with E-state index in [4.69, 9.17) is 38.8 Å². The molecule has 5 aliphatic heterocycles. The number of carbonyl (C=O) groups is 2. The van der Waals surface area contributed by atoms with E-state index in [1.165, 1.54) is 0 Å². The Balaban J connectivity index is 1.04. The van der Waals surface area contributed by atoms with Crippen LogP contribution in [0.4, 0.5) is 15.0 Å². The molecular formula is C53H65FN8O7. The van der Waals surface area contributed by atoms with Gasteiger partial charge < -0.3 is 38.4 Å². The van der Waals surface area contributed by atoms with Crippen LogP contribution in [0.15, 0.2) is 42.6 Å². The Kier molecular flexibility index (Phi) is 12.4. The minimum Gasteiger partial charge on any atom is -0.486 e. The van der Waals surface area contributed by atoms with E-state index in [1.807, 2.05) is 48.4 Å². The van der Waals surface area contributed by atoms with Crippen LogP contribution in [0.2, 0.25) is 0 Å². The largest absolute Gasteiger partial charge is 0.486 e. The van der Waals surface area contributed by atoms with E-state index in [0.29, 0.717) is 87.7 Å². The second-order valence-electron chi connectivity index (χ2n) is 20.9. The summed E-state index contributed by atoms with van der Waals surface area (Å²) in [5, 5.41) is 6.53. The quantitative estimate of drug-likeness (QED) is 0.118. The molecule has 15 nitrogen and oxygen atoms in total. The van der Waals surface area contributed by atoms with Crippen LogP contribution in [-0.2, 0) is 32.2 Å². The molecule has 5 aromatic rings. The summed E-state index contributed by atoms with van der Waals surface area (Å²) in [6.45, 7) is 16.1. The fourth-order valence-electron chi connectivity index (χ4n) is 11.1. The number of likely N-dealkylation sites (N-methyl/N-ethyl adjacent to an activating group) is 1. The molecule has 2 amide bonds. The van der Waals surface area contributed by atoms with Gasteiger partial charge >= 0.3 is 12.1 Å². The molecule has 0 spiro atoms. The third kappa shape index (κ3) is 9.20. The Morgan fingerprint density at radius 1 is 0.913 bits per heavy atom. The van der Waals surface area contributed by atoms with E-state index in [-0.39, 0.29) is 60.8 Å². The molecule has 0 N–H and O–H groups in total. The maximum Gasteiger partial charge on any atom is 0.410 e. The Morgan fingerprint density at radius 3 is 2.41 bits per heavy atom. The van der Waals surface area contributed by atoms with E-state index in [1.54, 1.807) is 6.07 Å². The highest BCUT2D eigenvalue weighted by molar-refractivity contribution is 6.06. The molecule has 0 radical (unpaired) electrons.